The minimum absolute atomic E-state index is 0.0255. The SMILES string of the molecule is CCCCCCOC(=O)C1CCCN1C1CCNCC1. The van der Waals surface area contributed by atoms with E-state index in [-0.39, 0.29) is 12.0 Å². The van der Waals surface area contributed by atoms with Crippen molar-refractivity contribution in [2.45, 2.75) is 70.4 Å². The summed E-state index contributed by atoms with van der Waals surface area (Å²) < 4.78 is 5.50. The van der Waals surface area contributed by atoms with Crippen molar-refractivity contribution in [3.63, 3.8) is 0 Å². The number of rotatable bonds is 7. The molecule has 1 N–H and O–H groups in total. The van der Waals surface area contributed by atoms with E-state index in [1.165, 1.54) is 32.1 Å². The fourth-order valence-electron chi connectivity index (χ4n) is 3.42. The van der Waals surface area contributed by atoms with E-state index in [0.717, 1.165) is 38.9 Å². The Labute approximate surface area is 123 Å². The fraction of sp³-hybridized carbons (Fsp3) is 0.938. The van der Waals surface area contributed by atoms with Gasteiger partial charge in [0.1, 0.15) is 6.04 Å². The largest absolute Gasteiger partial charge is 0.465 e. The quantitative estimate of drug-likeness (QED) is 0.575. The molecule has 1 unspecified atom stereocenters. The molecule has 1 atom stereocenters. The summed E-state index contributed by atoms with van der Waals surface area (Å²) in [6.07, 6.45) is 9.10. The van der Waals surface area contributed by atoms with Gasteiger partial charge >= 0.3 is 5.97 Å². The minimum Gasteiger partial charge on any atom is -0.465 e. The van der Waals surface area contributed by atoms with E-state index in [1.54, 1.807) is 0 Å². The molecule has 0 spiro atoms. The van der Waals surface area contributed by atoms with Crippen LogP contribution in [0.25, 0.3) is 0 Å². The summed E-state index contributed by atoms with van der Waals surface area (Å²) in [7, 11) is 0. The standard InChI is InChI=1S/C16H30N2O2/c1-2-3-4-5-13-20-16(19)15-7-6-12-18(15)14-8-10-17-11-9-14/h14-15,17H,2-13H2,1H3. The molecule has 116 valence electrons. The van der Waals surface area contributed by atoms with E-state index >= 15 is 0 Å². The summed E-state index contributed by atoms with van der Waals surface area (Å²) in [6.45, 7) is 6.04. The summed E-state index contributed by atoms with van der Waals surface area (Å²) >= 11 is 0. The van der Waals surface area contributed by atoms with E-state index in [0.29, 0.717) is 12.6 Å². The molecule has 2 heterocycles. The molecule has 0 aromatic heterocycles. The van der Waals surface area contributed by atoms with Crippen molar-refractivity contribution in [3.8, 4) is 0 Å². The van der Waals surface area contributed by atoms with Crippen LogP contribution in [0.2, 0.25) is 0 Å². The molecule has 0 aromatic carbocycles. The van der Waals surface area contributed by atoms with Crippen LogP contribution in [0.3, 0.4) is 0 Å². The van der Waals surface area contributed by atoms with Gasteiger partial charge in [0.15, 0.2) is 0 Å². The maximum Gasteiger partial charge on any atom is 0.323 e. The van der Waals surface area contributed by atoms with E-state index in [4.69, 9.17) is 4.74 Å². The van der Waals surface area contributed by atoms with Gasteiger partial charge in [0.05, 0.1) is 6.61 Å². The first kappa shape index (κ1) is 15.8. The second kappa shape index (κ2) is 8.63. The molecule has 20 heavy (non-hydrogen) atoms. The van der Waals surface area contributed by atoms with Crippen molar-refractivity contribution in [2.24, 2.45) is 0 Å². The summed E-state index contributed by atoms with van der Waals surface area (Å²) in [6, 6.07) is 0.612. The smallest absolute Gasteiger partial charge is 0.323 e. The molecule has 2 aliphatic heterocycles. The molecular weight excluding hydrogens is 252 g/mol. The highest BCUT2D eigenvalue weighted by molar-refractivity contribution is 5.76. The first-order valence-electron chi connectivity index (χ1n) is 8.46. The number of ether oxygens (including phenoxy) is 1. The molecule has 2 fully saturated rings. The number of piperidine rings is 1. The summed E-state index contributed by atoms with van der Waals surface area (Å²) in [4.78, 5) is 14.7. The van der Waals surface area contributed by atoms with Crippen LogP contribution in [0, 0.1) is 0 Å². The lowest BCUT2D eigenvalue weighted by Crippen LogP contribution is -2.48. The van der Waals surface area contributed by atoms with Gasteiger partial charge in [0, 0.05) is 6.04 Å². The number of esters is 1. The number of unbranched alkanes of at least 4 members (excludes halogenated alkanes) is 3. The molecule has 2 saturated heterocycles. The van der Waals surface area contributed by atoms with Gasteiger partial charge < -0.3 is 10.1 Å². The van der Waals surface area contributed by atoms with Gasteiger partial charge in [-0.3, -0.25) is 9.69 Å². The van der Waals surface area contributed by atoms with E-state index in [1.807, 2.05) is 0 Å². The minimum atomic E-state index is 0.0255. The number of carbonyl (C=O) groups excluding carboxylic acids is 1. The summed E-state index contributed by atoms with van der Waals surface area (Å²) in [5.74, 6) is 0.0255. The Hall–Kier alpha value is -0.610. The van der Waals surface area contributed by atoms with Crippen molar-refractivity contribution < 1.29 is 9.53 Å². The lowest BCUT2D eigenvalue weighted by molar-refractivity contribution is -0.150. The van der Waals surface area contributed by atoms with Gasteiger partial charge in [-0.25, -0.2) is 0 Å². The zero-order valence-corrected chi connectivity index (χ0v) is 12.9. The Balaban J connectivity index is 1.73. The summed E-state index contributed by atoms with van der Waals surface area (Å²) in [5, 5.41) is 3.39. The van der Waals surface area contributed by atoms with E-state index in [2.05, 4.69) is 17.1 Å². The Morgan fingerprint density at radius 2 is 2.00 bits per heavy atom. The third-order valence-electron chi connectivity index (χ3n) is 4.59. The second-order valence-corrected chi connectivity index (χ2v) is 6.11. The van der Waals surface area contributed by atoms with Crippen LogP contribution >= 0.6 is 0 Å². The van der Waals surface area contributed by atoms with Crippen LogP contribution in [0.15, 0.2) is 0 Å². The van der Waals surface area contributed by atoms with Gasteiger partial charge in [0.25, 0.3) is 0 Å². The highest BCUT2D eigenvalue weighted by Gasteiger charge is 2.36. The number of nitrogens with zero attached hydrogens (tertiary/aromatic N) is 1. The van der Waals surface area contributed by atoms with Crippen LogP contribution in [-0.4, -0.2) is 49.2 Å². The molecule has 0 aliphatic carbocycles. The van der Waals surface area contributed by atoms with E-state index < -0.39 is 0 Å². The number of carbonyl (C=O) groups is 1. The number of nitrogens with one attached hydrogen (secondary N) is 1. The predicted octanol–water partition coefficient (Wildman–Crippen LogP) is 2.33. The van der Waals surface area contributed by atoms with Crippen molar-refractivity contribution in [1.29, 1.82) is 0 Å². The second-order valence-electron chi connectivity index (χ2n) is 6.11. The van der Waals surface area contributed by atoms with Crippen LogP contribution in [0.5, 0.6) is 0 Å². The summed E-state index contributed by atoms with van der Waals surface area (Å²) in [5.41, 5.74) is 0. The predicted molar refractivity (Wildman–Crippen MR) is 80.7 cm³/mol. The topological polar surface area (TPSA) is 41.6 Å². The van der Waals surface area contributed by atoms with Crippen LogP contribution in [-0.2, 0) is 9.53 Å². The number of hydrogen-bond donors (Lipinski definition) is 1. The van der Waals surface area contributed by atoms with Gasteiger partial charge in [-0.1, -0.05) is 26.2 Å². The normalized spacial score (nSPS) is 24.9. The van der Waals surface area contributed by atoms with Crippen molar-refractivity contribution in [3.05, 3.63) is 0 Å². The average Bonchev–Trinajstić information content (AvgIpc) is 2.97. The highest BCUT2D eigenvalue weighted by Crippen LogP contribution is 2.25. The van der Waals surface area contributed by atoms with Crippen LogP contribution < -0.4 is 5.32 Å². The van der Waals surface area contributed by atoms with Crippen molar-refractivity contribution >= 4 is 5.97 Å². The Morgan fingerprint density at radius 3 is 2.75 bits per heavy atom. The maximum atomic E-state index is 12.3. The van der Waals surface area contributed by atoms with Gasteiger partial charge in [-0.05, 0) is 51.7 Å². The average molecular weight is 282 g/mol. The number of hydrogen-bond acceptors (Lipinski definition) is 4. The van der Waals surface area contributed by atoms with Crippen molar-refractivity contribution in [2.75, 3.05) is 26.2 Å². The molecule has 0 radical (unpaired) electrons. The van der Waals surface area contributed by atoms with Gasteiger partial charge in [-0.15, -0.1) is 0 Å². The lowest BCUT2D eigenvalue weighted by atomic mass is 10.0. The van der Waals surface area contributed by atoms with Crippen LogP contribution in [0.4, 0.5) is 0 Å². The van der Waals surface area contributed by atoms with Crippen LogP contribution in [0.1, 0.15) is 58.3 Å². The van der Waals surface area contributed by atoms with Gasteiger partial charge in [-0.2, -0.15) is 0 Å². The monoisotopic (exact) mass is 282 g/mol. The Bertz CT molecular complexity index is 290. The van der Waals surface area contributed by atoms with E-state index in [9.17, 15) is 4.79 Å². The lowest BCUT2D eigenvalue weighted by Gasteiger charge is -2.34. The molecule has 0 bridgehead atoms. The first-order valence-corrected chi connectivity index (χ1v) is 8.46. The Morgan fingerprint density at radius 1 is 1.20 bits per heavy atom. The zero-order valence-electron chi connectivity index (χ0n) is 12.9. The molecular formula is C16H30N2O2. The molecule has 2 aliphatic rings. The third kappa shape index (κ3) is 4.45. The molecule has 4 heteroatoms. The third-order valence-corrected chi connectivity index (χ3v) is 4.59. The maximum absolute atomic E-state index is 12.3. The molecule has 0 aromatic rings. The molecule has 4 nitrogen and oxygen atoms in total. The zero-order chi connectivity index (χ0) is 14.2. The molecule has 0 amide bonds. The Kier molecular flexibility index (Phi) is 6.80. The van der Waals surface area contributed by atoms with Crippen molar-refractivity contribution in [1.82, 2.24) is 10.2 Å². The molecule has 0 saturated carbocycles. The number of likely N-dealkylation sites (tertiary alicyclic amines) is 1. The van der Waals surface area contributed by atoms with Gasteiger partial charge in [0.2, 0.25) is 0 Å². The first-order chi connectivity index (χ1) is 9.83. The highest BCUT2D eigenvalue weighted by atomic mass is 16.5. The fourth-order valence-corrected chi connectivity index (χ4v) is 3.42. The molecule has 2 rings (SSSR count).